The normalized spacial score (nSPS) is 12.7. The summed E-state index contributed by atoms with van der Waals surface area (Å²) in [7, 11) is 1.69. The number of rotatable bonds is 5. The maximum Gasteiger partial charge on any atom is 0.0480 e. The van der Waals surface area contributed by atoms with Gasteiger partial charge in [0, 0.05) is 19.8 Å². The van der Waals surface area contributed by atoms with Crippen molar-refractivity contribution in [2.45, 2.75) is 26.3 Å². The number of hydrogen-bond acceptors (Lipinski definition) is 3. The highest BCUT2D eigenvalue weighted by atomic mass is 16.5. The summed E-state index contributed by atoms with van der Waals surface area (Å²) in [6.07, 6.45) is 3.01. The Morgan fingerprint density at radius 1 is 1.64 bits per heavy atom. The summed E-state index contributed by atoms with van der Waals surface area (Å²) < 4.78 is 4.93. The van der Waals surface area contributed by atoms with E-state index >= 15 is 0 Å². The molecular formula is C8H18N2O. The van der Waals surface area contributed by atoms with Crippen molar-refractivity contribution in [3.8, 4) is 0 Å². The predicted molar refractivity (Wildman–Crippen MR) is 47.0 cm³/mol. The minimum Gasteiger partial charge on any atom is -0.385 e. The Morgan fingerprint density at radius 2 is 2.27 bits per heavy atom. The summed E-state index contributed by atoms with van der Waals surface area (Å²) in [6.45, 7) is 4.84. The first kappa shape index (κ1) is 10.6. The number of nitrogens with one attached hydrogen (secondary N) is 1. The molecule has 0 aromatic carbocycles. The molecule has 1 unspecified atom stereocenters. The molecule has 0 spiro atoms. The van der Waals surface area contributed by atoms with E-state index in [-0.39, 0.29) is 6.04 Å². The third kappa shape index (κ3) is 6.04. The maximum absolute atomic E-state index is 5.31. The van der Waals surface area contributed by atoms with Crippen LogP contribution in [0.3, 0.4) is 0 Å². The number of allylic oxidation sites excluding steroid dienone is 1. The molecule has 3 nitrogen and oxygen atoms in total. The van der Waals surface area contributed by atoms with Crippen molar-refractivity contribution in [2.24, 2.45) is 5.84 Å². The Balaban J connectivity index is 3.67. The van der Waals surface area contributed by atoms with Crippen LogP contribution in [0.2, 0.25) is 0 Å². The van der Waals surface area contributed by atoms with E-state index in [1.807, 2.05) is 0 Å². The molecule has 0 fully saturated rings. The lowest BCUT2D eigenvalue weighted by Gasteiger charge is -2.10. The molecule has 0 aliphatic heterocycles. The van der Waals surface area contributed by atoms with Crippen LogP contribution < -0.4 is 11.3 Å². The SMILES string of the molecule is COCCC(C=C(C)C)NN. The van der Waals surface area contributed by atoms with Crippen molar-refractivity contribution in [3.63, 3.8) is 0 Å². The summed E-state index contributed by atoms with van der Waals surface area (Å²) in [4.78, 5) is 0. The molecule has 1 atom stereocenters. The fourth-order valence-corrected chi connectivity index (χ4v) is 0.862. The van der Waals surface area contributed by atoms with Gasteiger partial charge < -0.3 is 4.74 Å². The molecule has 11 heavy (non-hydrogen) atoms. The summed E-state index contributed by atoms with van der Waals surface area (Å²) in [5.74, 6) is 5.31. The van der Waals surface area contributed by atoms with Gasteiger partial charge in [0.05, 0.1) is 0 Å². The van der Waals surface area contributed by atoms with Crippen molar-refractivity contribution < 1.29 is 4.74 Å². The Bertz CT molecular complexity index is 119. The fourth-order valence-electron chi connectivity index (χ4n) is 0.862. The van der Waals surface area contributed by atoms with E-state index < -0.39 is 0 Å². The molecule has 0 rings (SSSR count). The van der Waals surface area contributed by atoms with Crippen LogP contribution in [-0.2, 0) is 4.74 Å². The number of ether oxygens (including phenoxy) is 1. The Kier molecular flexibility index (Phi) is 6.12. The standard InChI is InChI=1S/C8H18N2O/c1-7(2)6-8(10-9)4-5-11-3/h6,8,10H,4-5,9H2,1-3H3. The highest BCUT2D eigenvalue weighted by molar-refractivity contribution is 5.00. The van der Waals surface area contributed by atoms with E-state index in [1.54, 1.807) is 7.11 Å². The molecule has 0 saturated heterocycles. The largest absolute Gasteiger partial charge is 0.385 e. The lowest BCUT2D eigenvalue weighted by molar-refractivity contribution is 0.188. The third-order valence-electron chi connectivity index (χ3n) is 1.38. The van der Waals surface area contributed by atoms with Crippen LogP contribution >= 0.6 is 0 Å². The van der Waals surface area contributed by atoms with Gasteiger partial charge in [-0.05, 0) is 20.3 Å². The van der Waals surface area contributed by atoms with Crippen molar-refractivity contribution in [1.29, 1.82) is 0 Å². The van der Waals surface area contributed by atoms with Crippen LogP contribution in [0.1, 0.15) is 20.3 Å². The molecular weight excluding hydrogens is 140 g/mol. The van der Waals surface area contributed by atoms with E-state index in [0.29, 0.717) is 0 Å². The Morgan fingerprint density at radius 3 is 2.64 bits per heavy atom. The van der Waals surface area contributed by atoms with Crippen LogP contribution in [0.25, 0.3) is 0 Å². The van der Waals surface area contributed by atoms with Crippen molar-refractivity contribution in [2.75, 3.05) is 13.7 Å². The third-order valence-corrected chi connectivity index (χ3v) is 1.38. The molecule has 0 amide bonds. The molecule has 0 aliphatic rings. The maximum atomic E-state index is 5.31. The van der Waals surface area contributed by atoms with Crippen LogP contribution in [0.15, 0.2) is 11.6 Å². The van der Waals surface area contributed by atoms with Crippen molar-refractivity contribution in [1.82, 2.24) is 5.43 Å². The van der Waals surface area contributed by atoms with Crippen LogP contribution in [0.4, 0.5) is 0 Å². The highest BCUT2D eigenvalue weighted by Gasteiger charge is 2.00. The molecule has 66 valence electrons. The number of hydrogen-bond donors (Lipinski definition) is 2. The lowest BCUT2D eigenvalue weighted by atomic mass is 10.1. The van der Waals surface area contributed by atoms with Crippen LogP contribution in [-0.4, -0.2) is 19.8 Å². The number of hydrazine groups is 1. The van der Waals surface area contributed by atoms with Gasteiger partial charge in [-0.1, -0.05) is 11.6 Å². The lowest BCUT2D eigenvalue weighted by Crippen LogP contribution is -2.34. The van der Waals surface area contributed by atoms with E-state index in [4.69, 9.17) is 10.6 Å². The quantitative estimate of drug-likeness (QED) is 0.354. The van der Waals surface area contributed by atoms with Gasteiger partial charge >= 0.3 is 0 Å². The zero-order valence-corrected chi connectivity index (χ0v) is 7.55. The minimum absolute atomic E-state index is 0.236. The van der Waals surface area contributed by atoms with Gasteiger partial charge in [-0.2, -0.15) is 0 Å². The Labute approximate surface area is 68.6 Å². The highest BCUT2D eigenvalue weighted by Crippen LogP contribution is 1.97. The van der Waals surface area contributed by atoms with E-state index in [9.17, 15) is 0 Å². The van der Waals surface area contributed by atoms with E-state index in [0.717, 1.165) is 13.0 Å². The molecule has 0 heterocycles. The predicted octanol–water partition coefficient (Wildman–Crippen LogP) is 0.821. The molecule has 0 saturated carbocycles. The van der Waals surface area contributed by atoms with Gasteiger partial charge in [-0.25, -0.2) is 0 Å². The molecule has 3 heteroatoms. The second-order valence-electron chi connectivity index (χ2n) is 2.80. The summed E-state index contributed by atoms with van der Waals surface area (Å²) in [5.41, 5.74) is 3.98. The van der Waals surface area contributed by atoms with Gasteiger partial charge in [-0.15, -0.1) is 0 Å². The molecule has 3 N–H and O–H groups in total. The van der Waals surface area contributed by atoms with Gasteiger partial charge in [0.25, 0.3) is 0 Å². The molecule has 0 radical (unpaired) electrons. The smallest absolute Gasteiger partial charge is 0.0480 e. The summed E-state index contributed by atoms with van der Waals surface area (Å²) in [5, 5.41) is 0. The summed E-state index contributed by atoms with van der Waals surface area (Å²) >= 11 is 0. The van der Waals surface area contributed by atoms with Crippen LogP contribution in [0.5, 0.6) is 0 Å². The average molecular weight is 158 g/mol. The fraction of sp³-hybridized carbons (Fsp3) is 0.750. The average Bonchev–Trinajstić information content (AvgIpc) is 1.97. The van der Waals surface area contributed by atoms with Gasteiger partial charge in [0.15, 0.2) is 0 Å². The first-order valence-corrected chi connectivity index (χ1v) is 3.80. The minimum atomic E-state index is 0.236. The Hall–Kier alpha value is -0.380. The monoisotopic (exact) mass is 158 g/mol. The van der Waals surface area contributed by atoms with Gasteiger partial charge in [-0.3, -0.25) is 11.3 Å². The molecule has 0 bridgehead atoms. The zero-order chi connectivity index (χ0) is 8.69. The second kappa shape index (κ2) is 6.34. The van der Waals surface area contributed by atoms with Gasteiger partial charge in [0.1, 0.15) is 0 Å². The van der Waals surface area contributed by atoms with E-state index in [1.165, 1.54) is 5.57 Å². The van der Waals surface area contributed by atoms with E-state index in [2.05, 4.69) is 25.3 Å². The number of nitrogens with two attached hydrogens (primary N) is 1. The summed E-state index contributed by atoms with van der Waals surface area (Å²) in [6, 6.07) is 0.236. The van der Waals surface area contributed by atoms with Crippen molar-refractivity contribution >= 4 is 0 Å². The second-order valence-corrected chi connectivity index (χ2v) is 2.80. The van der Waals surface area contributed by atoms with Gasteiger partial charge in [0.2, 0.25) is 0 Å². The number of methoxy groups -OCH3 is 1. The van der Waals surface area contributed by atoms with Crippen molar-refractivity contribution in [3.05, 3.63) is 11.6 Å². The molecule has 0 aromatic rings. The molecule has 0 aliphatic carbocycles. The zero-order valence-electron chi connectivity index (χ0n) is 7.55. The first-order valence-electron chi connectivity index (χ1n) is 3.80. The van der Waals surface area contributed by atoms with Crippen LogP contribution in [0, 0.1) is 0 Å². The molecule has 0 aromatic heterocycles. The topological polar surface area (TPSA) is 47.3 Å². The first-order chi connectivity index (χ1) is 5.20.